The van der Waals surface area contributed by atoms with Crippen molar-refractivity contribution in [3.05, 3.63) is 64.4 Å². The molecule has 0 saturated carbocycles. The van der Waals surface area contributed by atoms with Gasteiger partial charge in [-0.05, 0) is 30.7 Å². The van der Waals surface area contributed by atoms with E-state index in [4.69, 9.17) is 4.74 Å². The lowest BCUT2D eigenvalue weighted by Gasteiger charge is -2.28. The molecular formula is C21H21N7O2S. The SMILES string of the molecule is Cc1ccccc1-n1c(SCn2nnc3ccccc3c2=O)nnc1N1CCOCC1. The highest BCUT2D eigenvalue weighted by Crippen LogP contribution is 2.29. The van der Waals surface area contributed by atoms with Crippen molar-refractivity contribution in [2.24, 2.45) is 0 Å². The summed E-state index contributed by atoms with van der Waals surface area (Å²) in [6.07, 6.45) is 0. The summed E-state index contributed by atoms with van der Waals surface area (Å²) < 4.78 is 8.90. The quantitative estimate of drug-likeness (QED) is 0.441. The van der Waals surface area contributed by atoms with Crippen LogP contribution in [0.4, 0.5) is 5.95 Å². The van der Waals surface area contributed by atoms with Crippen LogP contribution in [0.2, 0.25) is 0 Å². The topological polar surface area (TPSA) is 91.0 Å². The minimum atomic E-state index is -0.173. The van der Waals surface area contributed by atoms with E-state index in [1.165, 1.54) is 16.4 Å². The van der Waals surface area contributed by atoms with Gasteiger partial charge >= 0.3 is 0 Å². The number of aromatic nitrogens is 6. The summed E-state index contributed by atoms with van der Waals surface area (Å²) in [5.41, 5.74) is 2.54. The van der Waals surface area contributed by atoms with Crippen LogP contribution in [-0.2, 0) is 10.6 Å². The number of para-hydroxylation sites is 1. The summed E-state index contributed by atoms with van der Waals surface area (Å²) in [6, 6.07) is 15.3. The first-order valence-corrected chi connectivity index (χ1v) is 11.0. The molecule has 0 bridgehead atoms. The Kier molecular flexibility index (Phi) is 5.39. The Morgan fingerprint density at radius 2 is 1.77 bits per heavy atom. The largest absolute Gasteiger partial charge is 0.378 e. The van der Waals surface area contributed by atoms with Crippen molar-refractivity contribution >= 4 is 28.6 Å². The maximum atomic E-state index is 12.8. The molecule has 9 nitrogen and oxygen atoms in total. The number of morpholine rings is 1. The van der Waals surface area contributed by atoms with Gasteiger partial charge in [0.1, 0.15) is 5.52 Å². The van der Waals surface area contributed by atoms with Gasteiger partial charge in [0.05, 0.1) is 30.2 Å². The molecule has 2 aromatic heterocycles. The van der Waals surface area contributed by atoms with Crippen molar-refractivity contribution in [1.29, 1.82) is 0 Å². The third kappa shape index (κ3) is 3.79. The van der Waals surface area contributed by atoms with Crippen molar-refractivity contribution < 1.29 is 4.74 Å². The molecule has 10 heteroatoms. The van der Waals surface area contributed by atoms with Gasteiger partial charge < -0.3 is 9.64 Å². The molecule has 1 aliphatic heterocycles. The van der Waals surface area contributed by atoms with E-state index in [9.17, 15) is 4.79 Å². The second kappa shape index (κ2) is 8.48. The molecule has 4 aromatic rings. The number of hydrogen-bond donors (Lipinski definition) is 0. The second-order valence-corrected chi connectivity index (χ2v) is 8.10. The van der Waals surface area contributed by atoms with E-state index < -0.39 is 0 Å². The van der Waals surface area contributed by atoms with Crippen molar-refractivity contribution in [2.75, 3.05) is 31.2 Å². The lowest BCUT2D eigenvalue weighted by Crippen LogP contribution is -2.38. The zero-order valence-corrected chi connectivity index (χ0v) is 17.8. The molecule has 31 heavy (non-hydrogen) atoms. The summed E-state index contributed by atoms with van der Waals surface area (Å²) in [6.45, 7) is 4.89. The standard InChI is InChI=1S/C21H21N7O2S/c1-15-6-2-5-9-18(15)28-20(26-10-12-30-13-11-26)23-24-21(28)31-14-27-19(29)16-7-3-4-8-17(16)22-25-27/h2-9H,10-14H2,1H3. The number of rotatable bonds is 5. The van der Waals surface area contributed by atoms with Crippen molar-refractivity contribution in [1.82, 2.24) is 29.8 Å². The van der Waals surface area contributed by atoms with E-state index in [0.717, 1.165) is 30.3 Å². The summed E-state index contributed by atoms with van der Waals surface area (Å²) in [7, 11) is 0. The Hall–Kier alpha value is -3.24. The number of anilines is 1. The van der Waals surface area contributed by atoms with E-state index >= 15 is 0 Å². The van der Waals surface area contributed by atoms with E-state index in [1.807, 2.05) is 28.8 Å². The molecule has 1 fully saturated rings. The fourth-order valence-electron chi connectivity index (χ4n) is 3.58. The highest BCUT2D eigenvalue weighted by atomic mass is 32.2. The monoisotopic (exact) mass is 435 g/mol. The van der Waals surface area contributed by atoms with Crippen LogP contribution in [0.25, 0.3) is 16.6 Å². The predicted octanol–water partition coefficient (Wildman–Crippen LogP) is 2.27. The first kappa shape index (κ1) is 19.7. The molecule has 5 rings (SSSR count). The van der Waals surface area contributed by atoms with Gasteiger partial charge in [-0.2, -0.15) is 4.68 Å². The number of aryl methyl sites for hydroxylation is 1. The Labute approximate surface area is 182 Å². The van der Waals surface area contributed by atoms with Crippen molar-refractivity contribution in [3.63, 3.8) is 0 Å². The molecule has 158 valence electrons. The Morgan fingerprint density at radius 1 is 1.00 bits per heavy atom. The molecular weight excluding hydrogens is 414 g/mol. The second-order valence-electron chi connectivity index (χ2n) is 7.19. The fraction of sp³-hybridized carbons (Fsp3) is 0.286. The smallest absolute Gasteiger partial charge is 0.278 e. The van der Waals surface area contributed by atoms with Gasteiger partial charge in [-0.25, -0.2) is 0 Å². The molecule has 2 aromatic carbocycles. The number of thioether (sulfide) groups is 1. The minimum absolute atomic E-state index is 0.173. The van der Waals surface area contributed by atoms with E-state index in [1.54, 1.807) is 12.1 Å². The van der Waals surface area contributed by atoms with E-state index in [-0.39, 0.29) is 11.4 Å². The number of ether oxygens (including phenoxy) is 1. The Bertz CT molecular complexity index is 1280. The van der Waals surface area contributed by atoms with Crippen LogP contribution in [0.3, 0.4) is 0 Å². The lowest BCUT2D eigenvalue weighted by atomic mass is 10.2. The third-order valence-electron chi connectivity index (χ3n) is 5.21. The van der Waals surface area contributed by atoms with Crippen LogP contribution < -0.4 is 10.5 Å². The van der Waals surface area contributed by atoms with Crippen LogP contribution in [0.5, 0.6) is 0 Å². The summed E-state index contributed by atoms with van der Waals surface area (Å²) >= 11 is 1.40. The van der Waals surface area contributed by atoms with Gasteiger partial charge in [-0.3, -0.25) is 9.36 Å². The first-order chi connectivity index (χ1) is 15.2. The molecule has 0 amide bonds. The number of nitrogens with zero attached hydrogens (tertiary/aromatic N) is 7. The summed E-state index contributed by atoms with van der Waals surface area (Å²) in [4.78, 5) is 15.0. The summed E-state index contributed by atoms with van der Waals surface area (Å²) in [5, 5.41) is 18.4. The van der Waals surface area contributed by atoms with E-state index in [0.29, 0.717) is 29.3 Å². The predicted molar refractivity (Wildman–Crippen MR) is 119 cm³/mol. The first-order valence-electron chi connectivity index (χ1n) is 10.0. The van der Waals surface area contributed by atoms with Gasteiger partial charge in [0.15, 0.2) is 5.16 Å². The van der Waals surface area contributed by atoms with Crippen LogP contribution in [-0.4, -0.2) is 56.1 Å². The molecule has 0 atom stereocenters. The normalized spacial score (nSPS) is 14.3. The molecule has 3 heterocycles. The van der Waals surface area contributed by atoms with Gasteiger partial charge in [0.2, 0.25) is 5.95 Å². The third-order valence-corrected chi connectivity index (χ3v) is 6.11. The van der Waals surface area contributed by atoms with Crippen LogP contribution in [0, 0.1) is 6.92 Å². The van der Waals surface area contributed by atoms with Crippen molar-refractivity contribution in [3.8, 4) is 5.69 Å². The maximum absolute atomic E-state index is 12.8. The highest BCUT2D eigenvalue weighted by molar-refractivity contribution is 7.98. The van der Waals surface area contributed by atoms with Gasteiger partial charge in [-0.1, -0.05) is 47.3 Å². The average Bonchev–Trinajstić information content (AvgIpc) is 3.23. The number of fused-ring (bicyclic) bond motifs is 1. The Balaban J connectivity index is 1.51. The van der Waals surface area contributed by atoms with Crippen molar-refractivity contribution in [2.45, 2.75) is 18.0 Å². The molecule has 0 radical (unpaired) electrons. The van der Waals surface area contributed by atoms with Gasteiger partial charge in [0.25, 0.3) is 5.56 Å². The number of benzene rings is 2. The maximum Gasteiger partial charge on any atom is 0.278 e. The van der Waals surface area contributed by atoms with E-state index in [2.05, 4.69) is 44.5 Å². The zero-order valence-electron chi connectivity index (χ0n) is 17.0. The van der Waals surface area contributed by atoms with Crippen LogP contribution in [0.15, 0.2) is 58.5 Å². The average molecular weight is 436 g/mol. The molecule has 0 N–H and O–H groups in total. The number of hydrogen-bond acceptors (Lipinski definition) is 8. The molecule has 0 spiro atoms. The summed E-state index contributed by atoms with van der Waals surface area (Å²) in [5.74, 6) is 1.06. The van der Waals surface area contributed by atoms with Crippen LogP contribution >= 0.6 is 11.8 Å². The zero-order chi connectivity index (χ0) is 21.2. The van der Waals surface area contributed by atoms with Gasteiger partial charge in [0, 0.05) is 13.1 Å². The highest BCUT2D eigenvalue weighted by Gasteiger charge is 2.23. The van der Waals surface area contributed by atoms with Crippen LogP contribution in [0.1, 0.15) is 5.56 Å². The molecule has 0 aliphatic carbocycles. The molecule has 1 saturated heterocycles. The molecule has 1 aliphatic rings. The Morgan fingerprint density at radius 3 is 2.61 bits per heavy atom. The fourth-order valence-corrected chi connectivity index (χ4v) is 4.39. The lowest BCUT2D eigenvalue weighted by molar-refractivity contribution is 0.122. The van der Waals surface area contributed by atoms with Gasteiger partial charge in [-0.15, -0.1) is 15.3 Å². The molecule has 0 unspecified atom stereocenters. The minimum Gasteiger partial charge on any atom is -0.378 e.